The molecule has 4 rings (SSSR count). The Bertz CT molecular complexity index is 918. The van der Waals surface area contributed by atoms with Crippen LogP contribution in [0.1, 0.15) is 30.4 Å². The van der Waals surface area contributed by atoms with Gasteiger partial charge in [0.2, 0.25) is 0 Å². The lowest BCUT2D eigenvalue weighted by atomic mass is 9.65. The van der Waals surface area contributed by atoms with Crippen LogP contribution >= 0.6 is 0 Å². The quantitative estimate of drug-likeness (QED) is 0.913. The van der Waals surface area contributed by atoms with Gasteiger partial charge in [-0.25, -0.2) is 14.4 Å². The smallest absolute Gasteiger partial charge is 0.135 e. The van der Waals surface area contributed by atoms with Crippen LogP contribution < -0.4 is 10.2 Å². The van der Waals surface area contributed by atoms with Gasteiger partial charge in [-0.3, -0.25) is 0 Å². The molecular formula is C19H17FN6. The predicted octanol–water partition coefficient (Wildman–Crippen LogP) is 3.20. The number of anilines is 3. The molecular weight excluding hydrogens is 331 g/mol. The Labute approximate surface area is 150 Å². The van der Waals surface area contributed by atoms with Crippen LogP contribution in [0.5, 0.6) is 0 Å². The van der Waals surface area contributed by atoms with Crippen molar-refractivity contribution in [3.05, 3.63) is 41.6 Å². The van der Waals surface area contributed by atoms with E-state index in [9.17, 15) is 9.65 Å². The SMILES string of the molecule is N#Cc1ccnc(Nc2cc(C3(C#N)CCC3)cc(N3CC(F)C3)n2)c1. The van der Waals surface area contributed by atoms with Gasteiger partial charge in [-0.15, -0.1) is 0 Å². The molecule has 0 bridgehead atoms. The summed E-state index contributed by atoms with van der Waals surface area (Å²) in [5.41, 5.74) is 0.905. The standard InChI is InChI=1S/C19H17FN6/c20-15-10-26(11-15)18-8-14(19(12-22)3-1-4-19)7-17(25-18)24-16-6-13(9-21)2-5-23-16/h2,5-8,15H,1,3-4,10-11H2,(H,23,24,25). The minimum atomic E-state index is -0.834. The number of nitrogens with zero attached hydrogens (tertiary/aromatic N) is 5. The second kappa shape index (κ2) is 6.27. The molecule has 6 nitrogen and oxygen atoms in total. The molecule has 0 amide bonds. The zero-order valence-electron chi connectivity index (χ0n) is 14.1. The molecule has 0 spiro atoms. The molecule has 26 heavy (non-hydrogen) atoms. The Morgan fingerprint density at radius 3 is 2.62 bits per heavy atom. The highest BCUT2D eigenvalue weighted by Gasteiger charge is 2.40. The maximum atomic E-state index is 13.3. The van der Waals surface area contributed by atoms with Crippen molar-refractivity contribution >= 4 is 17.5 Å². The zero-order valence-corrected chi connectivity index (χ0v) is 14.1. The largest absolute Gasteiger partial charge is 0.351 e. The molecule has 0 aromatic carbocycles. The number of hydrogen-bond acceptors (Lipinski definition) is 6. The van der Waals surface area contributed by atoms with Crippen LogP contribution in [0.3, 0.4) is 0 Å². The number of nitrogens with one attached hydrogen (secondary N) is 1. The lowest BCUT2D eigenvalue weighted by Gasteiger charge is -2.39. The van der Waals surface area contributed by atoms with Crippen molar-refractivity contribution in [3.63, 3.8) is 0 Å². The molecule has 0 radical (unpaired) electrons. The molecule has 2 aromatic heterocycles. The van der Waals surface area contributed by atoms with E-state index in [1.54, 1.807) is 18.3 Å². The lowest BCUT2D eigenvalue weighted by Crippen LogP contribution is -2.49. The molecule has 2 fully saturated rings. The van der Waals surface area contributed by atoms with Gasteiger partial charge in [-0.05, 0) is 49.1 Å². The Morgan fingerprint density at radius 1 is 1.19 bits per heavy atom. The van der Waals surface area contributed by atoms with E-state index < -0.39 is 11.6 Å². The summed E-state index contributed by atoms with van der Waals surface area (Å²) >= 11 is 0. The highest BCUT2D eigenvalue weighted by molar-refractivity contribution is 5.61. The van der Waals surface area contributed by atoms with Gasteiger partial charge >= 0.3 is 0 Å². The average molecular weight is 348 g/mol. The summed E-state index contributed by atoms with van der Waals surface area (Å²) in [5, 5.41) is 21.8. The van der Waals surface area contributed by atoms with E-state index >= 15 is 0 Å². The van der Waals surface area contributed by atoms with Gasteiger partial charge in [0.1, 0.15) is 23.6 Å². The number of aromatic nitrogens is 2. The Kier molecular flexibility index (Phi) is 3.93. The van der Waals surface area contributed by atoms with Crippen LogP contribution in [-0.4, -0.2) is 29.2 Å². The number of halogens is 1. The third-order valence-electron chi connectivity index (χ3n) is 5.09. The van der Waals surface area contributed by atoms with Crippen LogP contribution in [-0.2, 0) is 5.41 Å². The average Bonchev–Trinajstić information content (AvgIpc) is 2.58. The van der Waals surface area contributed by atoms with Gasteiger partial charge in [0.25, 0.3) is 0 Å². The predicted molar refractivity (Wildman–Crippen MR) is 94.7 cm³/mol. The first-order valence-corrected chi connectivity index (χ1v) is 8.58. The maximum absolute atomic E-state index is 13.3. The van der Waals surface area contributed by atoms with Crippen molar-refractivity contribution in [3.8, 4) is 12.1 Å². The van der Waals surface area contributed by atoms with Gasteiger partial charge < -0.3 is 10.2 Å². The Hall–Kier alpha value is -3.19. The molecule has 1 aliphatic carbocycles. The fraction of sp³-hybridized carbons (Fsp3) is 0.368. The van der Waals surface area contributed by atoms with Crippen molar-refractivity contribution in [1.82, 2.24) is 9.97 Å². The van der Waals surface area contributed by atoms with Crippen LogP contribution in [0.15, 0.2) is 30.5 Å². The molecule has 0 unspecified atom stereocenters. The fourth-order valence-electron chi connectivity index (χ4n) is 3.33. The highest BCUT2D eigenvalue weighted by atomic mass is 19.1. The van der Waals surface area contributed by atoms with Gasteiger partial charge in [0.15, 0.2) is 0 Å². The number of hydrogen-bond donors (Lipinski definition) is 1. The monoisotopic (exact) mass is 348 g/mol. The van der Waals surface area contributed by atoms with Gasteiger partial charge in [0.05, 0.1) is 36.2 Å². The summed E-state index contributed by atoms with van der Waals surface area (Å²) in [6.45, 7) is 0.634. The van der Waals surface area contributed by atoms with Gasteiger partial charge in [-0.2, -0.15) is 10.5 Å². The Balaban J connectivity index is 1.70. The molecule has 1 aliphatic heterocycles. The van der Waals surface area contributed by atoms with E-state index in [0.717, 1.165) is 24.8 Å². The molecule has 130 valence electrons. The topological polar surface area (TPSA) is 88.6 Å². The second-order valence-electron chi connectivity index (χ2n) is 6.82. The normalized spacial score (nSPS) is 18.2. The fourth-order valence-corrected chi connectivity index (χ4v) is 3.33. The number of pyridine rings is 2. The van der Waals surface area contributed by atoms with Crippen LogP contribution in [0.25, 0.3) is 0 Å². The van der Waals surface area contributed by atoms with Crippen molar-refractivity contribution in [2.45, 2.75) is 30.8 Å². The van der Waals surface area contributed by atoms with Gasteiger partial charge in [0, 0.05) is 6.20 Å². The number of alkyl halides is 1. The minimum absolute atomic E-state index is 0.317. The molecule has 1 saturated heterocycles. The third-order valence-corrected chi connectivity index (χ3v) is 5.09. The van der Waals surface area contributed by atoms with Crippen molar-refractivity contribution in [2.75, 3.05) is 23.3 Å². The van der Waals surface area contributed by atoms with E-state index in [1.165, 1.54) is 0 Å². The molecule has 1 saturated carbocycles. The van der Waals surface area contributed by atoms with Crippen LogP contribution in [0, 0.1) is 22.7 Å². The minimum Gasteiger partial charge on any atom is -0.351 e. The summed E-state index contributed by atoms with van der Waals surface area (Å²) in [7, 11) is 0. The molecule has 2 aliphatic rings. The zero-order chi connectivity index (χ0) is 18.1. The summed E-state index contributed by atoms with van der Waals surface area (Å²) in [4.78, 5) is 10.6. The summed E-state index contributed by atoms with van der Waals surface area (Å²) in [6.07, 6.45) is 3.38. The van der Waals surface area contributed by atoms with E-state index in [1.807, 2.05) is 17.0 Å². The third kappa shape index (κ3) is 2.82. The van der Waals surface area contributed by atoms with E-state index in [0.29, 0.717) is 36.1 Å². The molecule has 2 aromatic rings. The molecule has 1 N–H and O–H groups in total. The summed E-state index contributed by atoms with van der Waals surface area (Å²) in [5.74, 6) is 1.71. The van der Waals surface area contributed by atoms with Gasteiger partial charge in [-0.1, -0.05) is 0 Å². The molecule has 0 atom stereocenters. The molecule has 3 heterocycles. The van der Waals surface area contributed by atoms with E-state index in [-0.39, 0.29) is 0 Å². The number of nitriles is 2. The first kappa shape index (κ1) is 16.3. The first-order chi connectivity index (χ1) is 12.6. The molecule has 7 heteroatoms. The van der Waals surface area contributed by atoms with E-state index in [2.05, 4.69) is 27.4 Å². The van der Waals surface area contributed by atoms with Crippen molar-refractivity contribution in [2.24, 2.45) is 0 Å². The Morgan fingerprint density at radius 2 is 2.00 bits per heavy atom. The first-order valence-electron chi connectivity index (χ1n) is 8.58. The summed E-state index contributed by atoms with van der Waals surface area (Å²) < 4.78 is 13.3. The van der Waals surface area contributed by atoms with Crippen LogP contribution in [0.4, 0.5) is 21.8 Å². The maximum Gasteiger partial charge on any atom is 0.135 e. The second-order valence-corrected chi connectivity index (χ2v) is 6.82. The lowest BCUT2D eigenvalue weighted by molar-refractivity contribution is 0.273. The van der Waals surface area contributed by atoms with Crippen LogP contribution in [0.2, 0.25) is 0 Å². The highest BCUT2D eigenvalue weighted by Crippen LogP contribution is 2.44. The van der Waals surface area contributed by atoms with Crippen molar-refractivity contribution in [1.29, 1.82) is 10.5 Å². The number of rotatable bonds is 4. The summed E-state index contributed by atoms with van der Waals surface area (Å²) in [6, 6.07) is 11.5. The van der Waals surface area contributed by atoms with E-state index in [4.69, 9.17) is 5.26 Å². The van der Waals surface area contributed by atoms with Crippen molar-refractivity contribution < 1.29 is 4.39 Å².